The highest BCUT2D eigenvalue weighted by atomic mass is 127. The lowest BCUT2D eigenvalue weighted by Crippen LogP contribution is -2.14. The maximum absolute atomic E-state index is 13.0. The van der Waals surface area contributed by atoms with Crippen LogP contribution in [0.5, 0.6) is 0 Å². The number of nitrogens with one attached hydrogen (secondary N) is 1. The van der Waals surface area contributed by atoms with Crippen molar-refractivity contribution in [2.75, 3.05) is 5.32 Å². The van der Waals surface area contributed by atoms with Crippen LogP contribution in [0, 0.1) is 16.3 Å². The molecule has 0 bridgehead atoms. The van der Waals surface area contributed by atoms with Crippen LogP contribution in [0.25, 0.3) is 0 Å². The Kier molecular flexibility index (Phi) is 5.04. The van der Waals surface area contributed by atoms with E-state index in [0.29, 0.717) is 19.8 Å². The Bertz CT molecular complexity index is 693. The first-order chi connectivity index (χ1) is 9.38. The van der Waals surface area contributed by atoms with E-state index in [1.54, 1.807) is 6.07 Å². The lowest BCUT2D eigenvalue weighted by atomic mass is 10.2. The minimum Gasteiger partial charge on any atom is -0.321 e. The Morgan fingerprint density at radius 2 is 2.05 bits per heavy atom. The second-order valence-corrected chi connectivity index (χ2v) is 6.58. The van der Waals surface area contributed by atoms with Crippen LogP contribution in [0.4, 0.5) is 10.1 Å². The molecule has 2 aromatic rings. The van der Waals surface area contributed by atoms with Gasteiger partial charge in [-0.05, 0) is 81.3 Å². The zero-order chi connectivity index (χ0) is 14.9. The molecule has 0 spiro atoms. The highest BCUT2D eigenvalue weighted by molar-refractivity contribution is 14.1. The fourth-order valence-electron chi connectivity index (χ4n) is 1.61. The number of aryl methyl sites for hydroxylation is 1. The number of hydrogen-bond acceptors (Lipinski definition) is 1. The summed E-state index contributed by atoms with van der Waals surface area (Å²) in [7, 11) is 0. The van der Waals surface area contributed by atoms with E-state index in [-0.39, 0.29) is 11.7 Å². The quantitative estimate of drug-likeness (QED) is 0.587. The fraction of sp³-hybridized carbons (Fsp3) is 0.0714. The molecular formula is C14H9BrClFINO. The van der Waals surface area contributed by atoms with Gasteiger partial charge in [-0.3, -0.25) is 4.79 Å². The number of carbonyl (C=O) groups is 1. The molecule has 2 aromatic carbocycles. The van der Waals surface area contributed by atoms with Crippen LogP contribution in [-0.4, -0.2) is 5.91 Å². The fourth-order valence-corrected chi connectivity index (χ4v) is 3.05. The van der Waals surface area contributed by atoms with Gasteiger partial charge in [-0.25, -0.2) is 4.39 Å². The third-order valence-corrected chi connectivity index (χ3v) is 4.63. The van der Waals surface area contributed by atoms with E-state index in [1.807, 2.05) is 35.6 Å². The lowest BCUT2D eigenvalue weighted by Gasteiger charge is -2.10. The number of hydrogen-bond donors (Lipinski definition) is 1. The van der Waals surface area contributed by atoms with E-state index in [0.717, 1.165) is 10.0 Å². The molecular weight excluding hydrogens is 459 g/mol. The molecule has 0 saturated carbocycles. The van der Waals surface area contributed by atoms with Gasteiger partial charge in [-0.1, -0.05) is 11.6 Å². The number of amides is 1. The van der Waals surface area contributed by atoms with Gasteiger partial charge in [0.1, 0.15) is 5.82 Å². The summed E-state index contributed by atoms with van der Waals surface area (Å²) in [6.07, 6.45) is 0. The number of anilines is 1. The van der Waals surface area contributed by atoms with Crippen molar-refractivity contribution in [3.05, 3.63) is 60.3 Å². The predicted octanol–water partition coefficient (Wildman–Crippen LogP) is 5.41. The van der Waals surface area contributed by atoms with Crippen LogP contribution in [0.15, 0.2) is 34.8 Å². The molecule has 104 valence electrons. The van der Waals surface area contributed by atoms with Gasteiger partial charge in [0, 0.05) is 13.1 Å². The number of benzene rings is 2. The molecule has 0 unspecified atom stereocenters. The van der Waals surface area contributed by atoms with Crippen molar-refractivity contribution in [3.8, 4) is 0 Å². The molecule has 1 amide bonds. The number of halogens is 4. The van der Waals surface area contributed by atoms with E-state index < -0.39 is 0 Å². The van der Waals surface area contributed by atoms with E-state index in [9.17, 15) is 9.18 Å². The smallest absolute Gasteiger partial charge is 0.256 e. The molecule has 0 atom stereocenters. The lowest BCUT2D eigenvalue weighted by molar-refractivity contribution is 0.102. The molecule has 0 aliphatic carbocycles. The third-order valence-electron chi connectivity index (χ3n) is 2.67. The van der Waals surface area contributed by atoms with Crippen LogP contribution in [-0.2, 0) is 0 Å². The van der Waals surface area contributed by atoms with Crippen molar-refractivity contribution in [1.82, 2.24) is 0 Å². The summed E-state index contributed by atoms with van der Waals surface area (Å²) in [6, 6.07) is 7.53. The van der Waals surface area contributed by atoms with Gasteiger partial charge in [-0.2, -0.15) is 0 Å². The minimum atomic E-state index is -0.370. The minimum absolute atomic E-state index is 0.310. The molecule has 20 heavy (non-hydrogen) atoms. The highest BCUT2D eigenvalue weighted by Crippen LogP contribution is 2.29. The van der Waals surface area contributed by atoms with Gasteiger partial charge in [0.2, 0.25) is 0 Å². The molecule has 0 saturated heterocycles. The normalized spacial score (nSPS) is 10.4. The largest absolute Gasteiger partial charge is 0.321 e. The Balaban J connectivity index is 2.30. The Morgan fingerprint density at radius 3 is 2.70 bits per heavy atom. The Labute approximate surface area is 143 Å². The topological polar surface area (TPSA) is 29.1 Å². The van der Waals surface area contributed by atoms with E-state index in [4.69, 9.17) is 11.6 Å². The van der Waals surface area contributed by atoms with Gasteiger partial charge in [0.05, 0.1) is 11.3 Å². The summed E-state index contributed by atoms with van der Waals surface area (Å²) in [5.41, 5.74) is 1.90. The summed E-state index contributed by atoms with van der Waals surface area (Å²) in [6.45, 7) is 1.88. The van der Waals surface area contributed by atoms with Gasteiger partial charge in [0.25, 0.3) is 5.91 Å². The summed E-state index contributed by atoms with van der Waals surface area (Å²) in [5, 5.41) is 3.32. The number of carbonyl (C=O) groups excluding carboxylic acids is 1. The van der Waals surface area contributed by atoms with Crippen LogP contribution in [0.1, 0.15) is 15.9 Å². The number of rotatable bonds is 2. The van der Waals surface area contributed by atoms with Crippen molar-refractivity contribution >= 4 is 61.7 Å². The van der Waals surface area contributed by atoms with Crippen molar-refractivity contribution in [1.29, 1.82) is 0 Å². The van der Waals surface area contributed by atoms with Crippen molar-refractivity contribution in [2.45, 2.75) is 6.92 Å². The SMILES string of the molecule is Cc1cc(Br)c(NC(=O)c2ccc(F)cc2I)cc1Cl. The summed E-state index contributed by atoms with van der Waals surface area (Å²) >= 11 is 11.3. The van der Waals surface area contributed by atoms with E-state index >= 15 is 0 Å². The molecule has 0 heterocycles. The highest BCUT2D eigenvalue weighted by Gasteiger charge is 2.13. The molecule has 0 aliphatic heterocycles. The molecule has 0 aliphatic rings. The van der Waals surface area contributed by atoms with Gasteiger partial charge in [0.15, 0.2) is 0 Å². The predicted molar refractivity (Wildman–Crippen MR) is 91.0 cm³/mol. The molecule has 1 N–H and O–H groups in total. The summed E-state index contributed by atoms with van der Waals surface area (Å²) in [4.78, 5) is 12.2. The second-order valence-electron chi connectivity index (χ2n) is 4.16. The molecule has 0 fully saturated rings. The van der Waals surface area contributed by atoms with Crippen LogP contribution < -0.4 is 5.32 Å². The van der Waals surface area contributed by atoms with E-state index in [1.165, 1.54) is 18.2 Å². The van der Waals surface area contributed by atoms with Crippen LogP contribution >= 0.6 is 50.1 Å². The van der Waals surface area contributed by atoms with Crippen molar-refractivity contribution < 1.29 is 9.18 Å². The first-order valence-corrected chi connectivity index (χ1v) is 7.85. The van der Waals surface area contributed by atoms with Crippen molar-refractivity contribution in [3.63, 3.8) is 0 Å². The maximum Gasteiger partial charge on any atom is 0.256 e. The van der Waals surface area contributed by atoms with Gasteiger partial charge >= 0.3 is 0 Å². The van der Waals surface area contributed by atoms with E-state index in [2.05, 4.69) is 21.2 Å². The molecule has 2 nitrogen and oxygen atoms in total. The Morgan fingerprint density at radius 1 is 1.35 bits per heavy atom. The average molecular weight is 468 g/mol. The first-order valence-electron chi connectivity index (χ1n) is 5.60. The zero-order valence-electron chi connectivity index (χ0n) is 10.3. The second kappa shape index (κ2) is 6.41. The zero-order valence-corrected chi connectivity index (χ0v) is 14.8. The first kappa shape index (κ1) is 15.7. The molecule has 0 radical (unpaired) electrons. The molecule has 2 rings (SSSR count). The van der Waals surface area contributed by atoms with Crippen LogP contribution in [0.3, 0.4) is 0 Å². The summed E-state index contributed by atoms with van der Waals surface area (Å²) in [5.74, 6) is -0.680. The maximum atomic E-state index is 13.0. The Hall–Kier alpha value is -0.660. The molecule has 0 aromatic heterocycles. The monoisotopic (exact) mass is 467 g/mol. The van der Waals surface area contributed by atoms with Gasteiger partial charge < -0.3 is 5.32 Å². The average Bonchev–Trinajstić information content (AvgIpc) is 2.35. The third kappa shape index (κ3) is 3.51. The summed E-state index contributed by atoms with van der Waals surface area (Å²) < 4.78 is 14.3. The van der Waals surface area contributed by atoms with Crippen LogP contribution in [0.2, 0.25) is 5.02 Å². The molecule has 6 heteroatoms. The standard InChI is InChI=1S/C14H9BrClFINO/c1-7-4-10(15)13(6-11(7)16)19-14(20)9-3-2-8(17)5-12(9)18/h2-6H,1H3,(H,19,20). The van der Waals surface area contributed by atoms with Crippen molar-refractivity contribution in [2.24, 2.45) is 0 Å². The van der Waals surface area contributed by atoms with Gasteiger partial charge in [-0.15, -0.1) is 0 Å².